The first-order valence-corrected chi connectivity index (χ1v) is 13.2. The van der Waals surface area contributed by atoms with E-state index in [0.717, 1.165) is 18.4 Å². The molecular weight excluding hydrogens is 555 g/mol. The summed E-state index contributed by atoms with van der Waals surface area (Å²) in [5.74, 6) is -3.84. The van der Waals surface area contributed by atoms with E-state index < -0.39 is 61.9 Å². The molecule has 1 aliphatic heterocycles. The van der Waals surface area contributed by atoms with Crippen LogP contribution in [0.1, 0.15) is 61.2 Å². The van der Waals surface area contributed by atoms with Gasteiger partial charge in [-0.1, -0.05) is 11.6 Å². The Hall–Kier alpha value is -3.51. The molecule has 1 aliphatic rings. The summed E-state index contributed by atoms with van der Waals surface area (Å²) in [6.07, 6.45) is -3.97. The van der Waals surface area contributed by atoms with Crippen LogP contribution in [0.2, 0.25) is 5.02 Å². The van der Waals surface area contributed by atoms with Crippen LogP contribution in [0, 0.1) is 11.6 Å². The molecule has 0 aliphatic carbocycles. The van der Waals surface area contributed by atoms with Crippen LogP contribution in [0.4, 0.5) is 27.6 Å². The van der Waals surface area contributed by atoms with Crippen LogP contribution >= 0.6 is 11.6 Å². The molecule has 0 bridgehead atoms. The number of nitrogens with one attached hydrogen (secondary N) is 2. The summed E-state index contributed by atoms with van der Waals surface area (Å²) >= 11 is 6.23. The Morgan fingerprint density at radius 2 is 1.74 bits per heavy atom. The van der Waals surface area contributed by atoms with Crippen LogP contribution in [0.3, 0.4) is 0 Å². The monoisotopic (exact) mass is 572 g/mol. The average Bonchev–Trinajstić information content (AvgIpc) is 3.15. The molecule has 1 heterocycles. The number of amides is 2. The maximum Gasteiger partial charge on any atom is 0.416 e. The van der Waals surface area contributed by atoms with Crippen molar-refractivity contribution >= 4 is 38.9 Å². The van der Waals surface area contributed by atoms with E-state index in [1.807, 2.05) is 0 Å². The van der Waals surface area contributed by atoms with E-state index >= 15 is 0 Å². The zero-order chi connectivity index (χ0) is 28.2. The topological polar surface area (TPSA) is 92.3 Å². The fraction of sp³-hybridized carbons (Fsp3) is 0.200. The van der Waals surface area contributed by atoms with Gasteiger partial charge in [-0.2, -0.15) is 13.2 Å². The zero-order valence-electron chi connectivity index (χ0n) is 19.6. The second kappa shape index (κ2) is 9.66. The fourth-order valence-corrected chi connectivity index (χ4v) is 4.95. The van der Waals surface area contributed by atoms with Crippen LogP contribution in [-0.4, -0.2) is 26.5 Å². The SMILES string of the molecule is C[C@H](c1cc(NC(=O)c2cc(F)cc(C(F)(F)F)c2)c2c(c1)C(=O)N[C@@H]2c1cc(F)ccc1Cl)S(C)(=O)=O. The molecule has 4 rings (SSSR count). The van der Waals surface area contributed by atoms with E-state index in [2.05, 4.69) is 10.6 Å². The van der Waals surface area contributed by atoms with Gasteiger partial charge in [0.1, 0.15) is 11.6 Å². The van der Waals surface area contributed by atoms with Crippen molar-refractivity contribution in [3.05, 3.63) is 98.6 Å². The Bertz CT molecular complexity index is 1590. The maximum absolute atomic E-state index is 14.0. The Balaban J connectivity index is 1.89. The number of anilines is 1. The number of carbonyl (C=O) groups excluding carboxylic acids is 2. The molecule has 2 amide bonds. The molecule has 6 nitrogen and oxygen atoms in total. The largest absolute Gasteiger partial charge is 0.416 e. The van der Waals surface area contributed by atoms with Crippen molar-refractivity contribution in [2.75, 3.05) is 11.6 Å². The summed E-state index contributed by atoms with van der Waals surface area (Å²) in [5.41, 5.74) is -2.00. The highest BCUT2D eigenvalue weighted by atomic mass is 35.5. The quantitative estimate of drug-likeness (QED) is 0.377. The predicted octanol–water partition coefficient (Wildman–Crippen LogP) is 5.83. The summed E-state index contributed by atoms with van der Waals surface area (Å²) in [4.78, 5) is 25.9. The number of sulfone groups is 1. The zero-order valence-corrected chi connectivity index (χ0v) is 21.2. The Morgan fingerprint density at radius 3 is 2.37 bits per heavy atom. The highest BCUT2D eigenvalue weighted by Gasteiger charge is 2.36. The van der Waals surface area contributed by atoms with Gasteiger partial charge in [0.2, 0.25) is 0 Å². The molecule has 0 unspecified atom stereocenters. The Kier molecular flexibility index (Phi) is 7.00. The highest BCUT2D eigenvalue weighted by molar-refractivity contribution is 7.90. The van der Waals surface area contributed by atoms with Crippen LogP contribution in [0.15, 0.2) is 48.5 Å². The van der Waals surface area contributed by atoms with Crippen molar-refractivity contribution in [2.24, 2.45) is 0 Å². The highest BCUT2D eigenvalue weighted by Crippen LogP contribution is 2.42. The summed E-state index contributed by atoms with van der Waals surface area (Å²) in [7, 11) is -3.68. The van der Waals surface area contributed by atoms with Crippen LogP contribution in [-0.2, 0) is 16.0 Å². The smallest absolute Gasteiger partial charge is 0.341 e. The number of hydrogen-bond donors (Lipinski definition) is 2. The summed E-state index contributed by atoms with van der Waals surface area (Å²) in [6.45, 7) is 1.35. The molecule has 13 heteroatoms. The van der Waals surface area contributed by atoms with E-state index in [-0.39, 0.29) is 39.0 Å². The van der Waals surface area contributed by atoms with E-state index in [9.17, 15) is 40.0 Å². The molecule has 38 heavy (non-hydrogen) atoms. The number of halogens is 6. The van der Waals surface area contributed by atoms with E-state index in [0.29, 0.717) is 12.1 Å². The molecule has 0 saturated heterocycles. The molecule has 0 aromatic heterocycles. The summed E-state index contributed by atoms with van der Waals surface area (Å²) < 4.78 is 91.9. The van der Waals surface area contributed by atoms with E-state index in [4.69, 9.17) is 11.6 Å². The minimum absolute atomic E-state index is 0.0612. The van der Waals surface area contributed by atoms with Gasteiger partial charge in [0.05, 0.1) is 16.9 Å². The number of fused-ring (bicyclic) bond motifs is 1. The van der Waals surface area contributed by atoms with Gasteiger partial charge < -0.3 is 10.6 Å². The number of benzene rings is 3. The Morgan fingerprint density at radius 1 is 1.05 bits per heavy atom. The van der Waals surface area contributed by atoms with Crippen molar-refractivity contribution in [3.63, 3.8) is 0 Å². The first kappa shape index (κ1) is 27.5. The lowest BCUT2D eigenvalue weighted by Gasteiger charge is -2.20. The molecule has 2 atom stereocenters. The third-order valence-corrected chi connectivity index (χ3v) is 8.03. The van der Waals surface area contributed by atoms with Gasteiger partial charge in [0.15, 0.2) is 9.84 Å². The molecule has 2 N–H and O–H groups in total. The van der Waals surface area contributed by atoms with Gasteiger partial charge in [-0.05, 0) is 61.0 Å². The number of hydrogen-bond acceptors (Lipinski definition) is 4. The number of carbonyl (C=O) groups is 2. The third kappa shape index (κ3) is 5.37. The van der Waals surface area contributed by atoms with Gasteiger partial charge in [-0.25, -0.2) is 17.2 Å². The predicted molar refractivity (Wildman–Crippen MR) is 130 cm³/mol. The van der Waals surface area contributed by atoms with E-state index in [1.54, 1.807) is 0 Å². The lowest BCUT2D eigenvalue weighted by atomic mass is 9.93. The average molecular weight is 573 g/mol. The van der Waals surface area contributed by atoms with Gasteiger partial charge in [-0.3, -0.25) is 9.59 Å². The van der Waals surface area contributed by atoms with Crippen molar-refractivity contribution in [3.8, 4) is 0 Å². The van der Waals surface area contributed by atoms with Crippen LogP contribution < -0.4 is 10.6 Å². The second-order valence-electron chi connectivity index (χ2n) is 8.75. The molecule has 200 valence electrons. The van der Waals surface area contributed by atoms with Gasteiger partial charge in [-0.15, -0.1) is 0 Å². The van der Waals surface area contributed by atoms with Gasteiger partial charge >= 0.3 is 6.18 Å². The summed E-state index contributed by atoms with van der Waals surface area (Å²) in [5, 5.41) is 3.89. The van der Waals surface area contributed by atoms with Crippen molar-refractivity contribution in [2.45, 2.75) is 24.4 Å². The fourth-order valence-electron chi connectivity index (χ4n) is 4.09. The van der Waals surface area contributed by atoms with E-state index in [1.165, 1.54) is 25.1 Å². The lowest BCUT2D eigenvalue weighted by Crippen LogP contribution is -2.21. The standard InChI is InChI=1S/C25H18ClF5N2O4S/c1-11(38(2,36)37)12-7-18-21(22(33-24(18)35)17-10-15(27)3-4-19(17)26)20(8-12)32-23(34)13-5-14(25(29,30)31)9-16(28)6-13/h3-11,22H,1-2H3,(H,32,34)(H,33,35)/t11-,22-/m1/s1. The normalized spacial score (nSPS) is 16.1. The first-order valence-electron chi connectivity index (χ1n) is 10.9. The second-order valence-corrected chi connectivity index (χ2v) is 11.5. The van der Waals surface area contributed by atoms with Gasteiger partial charge in [0, 0.05) is 39.2 Å². The molecule has 3 aromatic rings. The number of rotatable bonds is 5. The summed E-state index contributed by atoms with van der Waals surface area (Å²) in [6, 6.07) is 6.11. The minimum Gasteiger partial charge on any atom is -0.341 e. The van der Waals surface area contributed by atoms with Crippen molar-refractivity contribution in [1.82, 2.24) is 5.32 Å². The third-order valence-electron chi connectivity index (χ3n) is 6.13. The minimum atomic E-state index is -4.93. The molecule has 0 saturated carbocycles. The van der Waals surface area contributed by atoms with Crippen molar-refractivity contribution < 1.29 is 40.0 Å². The lowest BCUT2D eigenvalue weighted by molar-refractivity contribution is -0.137. The maximum atomic E-state index is 14.0. The Labute approximate surface area is 218 Å². The number of alkyl halides is 3. The van der Waals surface area contributed by atoms with Crippen LogP contribution in [0.25, 0.3) is 0 Å². The molecular formula is C25H18ClF5N2O4S. The van der Waals surface area contributed by atoms with Crippen LogP contribution in [0.5, 0.6) is 0 Å². The molecule has 3 aromatic carbocycles. The molecule has 0 fully saturated rings. The van der Waals surface area contributed by atoms with Crippen molar-refractivity contribution in [1.29, 1.82) is 0 Å². The molecule has 0 radical (unpaired) electrons. The van der Waals surface area contributed by atoms with Gasteiger partial charge in [0.25, 0.3) is 11.8 Å². The molecule has 0 spiro atoms. The first-order chi connectivity index (χ1) is 17.6.